The molecule has 3 aromatic rings. The van der Waals surface area contributed by atoms with E-state index in [1.54, 1.807) is 6.07 Å². The van der Waals surface area contributed by atoms with Crippen LogP contribution >= 0.6 is 11.6 Å². The van der Waals surface area contributed by atoms with Crippen molar-refractivity contribution >= 4 is 11.6 Å². The van der Waals surface area contributed by atoms with Gasteiger partial charge in [-0.3, -0.25) is 4.79 Å². The average Bonchev–Trinajstić information content (AvgIpc) is 2.60. The summed E-state index contributed by atoms with van der Waals surface area (Å²) in [7, 11) is 0. The Morgan fingerprint density at radius 3 is 1.63 bits per heavy atom. The standard InChI is InChI=1S/C7H10N2.C6H7ClN2.C6H8N2O/c1-5-4-6(2)8-9-7(5)3;1-4-3-6(7)9-8-5(4)2;1-4-3-6(9)8-7-5(4)2/h4H,1-3H3;3H,1-2H3;3H,1-2H3,(H,8,9). The monoisotopic (exact) mass is 388 g/mol. The minimum Gasteiger partial charge on any atom is -0.268 e. The highest BCUT2D eigenvalue weighted by Crippen LogP contribution is 2.07. The third kappa shape index (κ3) is 8.04. The maximum atomic E-state index is 10.5. The fourth-order valence-electron chi connectivity index (χ4n) is 1.75. The van der Waals surface area contributed by atoms with Crippen LogP contribution < -0.4 is 5.56 Å². The minimum absolute atomic E-state index is 0.141. The lowest BCUT2D eigenvalue weighted by molar-refractivity contribution is 0.924. The zero-order valence-corrected chi connectivity index (χ0v) is 17.5. The third-order valence-corrected chi connectivity index (χ3v) is 3.99. The maximum absolute atomic E-state index is 10.5. The van der Waals surface area contributed by atoms with Crippen LogP contribution in [0.2, 0.25) is 5.15 Å². The molecule has 0 aromatic carbocycles. The zero-order valence-electron chi connectivity index (χ0n) is 16.8. The van der Waals surface area contributed by atoms with Crippen LogP contribution in [-0.2, 0) is 0 Å². The zero-order chi connectivity index (χ0) is 20.6. The van der Waals surface area contributed by atoms with Gasteiger partial charge >= 0.3 is 0 Å². The normalized spacial score (nSPS) is 9.63. The summed E-state index contributed by atoms with van der Waals surface area (Å²) in [6.07, 6.45) is 0. The van der Waals surface area contributed by atoms with E-state index < -0.39 is 0 Å². The molecule has 0 bridgehead atoms. The SMILES string of the molecule is Cc1cc(=O)[nH]nc1C.Cc1cc(C)c(C)nn1.Cc1cc(Cl)nnc1C. The van der Waals surface area contributed by atoms with E-state index in [0.29, 0.717) is 5.15 Å². The predicted molar refractivity (Wildman–Crippen MR) is 107 cm³/mol. The lowest BCUT2D eigenvalue weighted by atomic mass is 10.2. The number of nitrogens with one attached hydrogen (secondary N) is 1. The largest absolute Gasteiger partial charge is 0.268 e. The Morgan fingerprint density at radius 1 is 0.704 bits per heavy atom. The first-order valence-corrected chi connectivity index (χ1v) is 8.74. The predicted octanol–water partition coefficient (Wildman–Crippen LogP) is 3.54. The summed E-state index contributed by atoms with van der Waals surface area (Å²) in [5.74, 6) is 0. The summed E-state index contributed by atoms with van der Waals surface area (Å²) in [6, 6.07) is 5.36. The molecule has 1 N–H and O–H groups in total. The Hall–Kier alpha value is -2.67. The van der Waals surface area contributed by atoms with E-state index in [9.17, 15) is 4.79 Å². The van der Waals surface area contributed by atoms with Crippen LogP contribution in [0.4, 0.5) is 0 Å². The van der Waals surface area contributed by atoms with E-state index in [1.165, 1.54) is 11.6 Å². The van der Waals surface area contributed by atoms with E-state index in [4.69, 9.17) is 11.6 Å². The van der Waals surface area contributed by atoms with E-state index in [0.717, 1.165) is 33.9 Å². The minimum atomic E-state index is -0.141. The number of hydrogen-bond donors (Lipinski definition) is 1. The highest BCUT2D eigenvalue weighted by molar-refractivity contribution is 6.29. The quantitative estimate of drug-likeness (QED) is 0.632. The molecule has 0 fully saturated rings. The Kier molecular flexibility index (Phi) is 8.68. The second-order valence-corrected chi connectivity index (χ2v) is 6.58. The molecule has 7 nitrogen and oxygen atoms in total. The topological polar surface area (TPSA) is 97.3 Å². The van der Waals surface area contributed by atoms with Crippen LogP contribution in [0.3, 0.4) is 0 Å². The number of aryl methyl sites for hydroxylation is 7. The van der Waals surface area contributed by atoms with Crippen LogP contribution in [-0.4, -0.2) is 30.6 Å². The molecule has 0 amide bonds. The van der Waals surface area contributed by atoms with E-state index in [1.807, 2.05) is 54.5 Å². The maximum Gasteiger partial charge on any atom is 0.264 e. The molecule has 0 aliphatic carbocycles. The first kappa shape index (κ1) is 22.4. The lowest BCUT2D eigenvalue weighted by Gasteiger charge is -1.95. The van der Waals surface area contributed by atoms with Gasteiger partial charge in [0.05, 0.1) is 22.8 Å². The average molecular weight is 389 g/mol. The van der Waals surface area contributed by atoms with Crippen molar-refractivity contribution in [1.82, 2.24) is 30.6 Å². The second-order valence-electron chi connectivity index (χ2n) is 6.19. The Balaban J connectivity index is 0.000000202. The van der Waals surface area contributed by atoms with Crippen molar-refractivity contribution in [3.05, 3.63) is 73.2 Å². The van der Waals surface area contributed by atoms with Gasteiger partial charge in [0.25, 0.3) is 5.56 Å². The number of aromatic amines is 1. The fraction of sp³-hybridized carbons (Fsp3) is 0.368. The van der Waals surface area contributed by atoms with Gasteiger partial charge in [-0.2, -0.15) is 20.4 Å². The summed E-state index contributed by atoms with van der Waals surface area (Å²) in [5, 5.41) is 21.8. The molecule has 3 rings (SSSR count). The molecule has 0 spiro atoms. The van der Waals surface area contributed by atoms with E-state index in [-0.39, 0.29) is 5.56 Å². The van der Waals surface area contributed by atoms with Gasteiger partial charge in [0, 0.05) is 6.07 Å². The number of hydrogen-bond acceptors (Lipinski definition) is 6. The van der Waals surface area contributed by atoms with Crippen molar-refractivity contribution in [3.63, 3.8) is 0 Å². The van der Waals surface area contributed by atoms with Crippen molar-refractivity contribution in [1.29, 1.82) is 0 Å². The van der Waals surface area contributed by atoms with Crippen LogP contribution in [0.15, 0.2) is 23.0 Å². The number of H-pyrrole nitrogens is 1. The molecule has 3 heterocycles. The summed E-state index contributed by atoms with van der Waals surface area (Å²) in [6.45, 7) is 13.5. The lowest BCUT2D eigenvalue weighted by Crippen LogP contribution is -2.08. The molecule has 0 unspecified atom stereocenters. The molecule has 0 saturated carbocycles. The van der Waals surface area contributed by atoms with E-state index in [2.05, 4.69) is 30.6 Å². The summed E-state index contributed by atoms with van der Waals surface area (Å²) in [5.41, 5.74) is 6.88. The van der Waals surface area contributed by atoms with Gasteiger partial charge < -0.3 is 0 Å². The molecule has 0 saturated heterocycles. The van der Waals surface area contributed by atoms with E-state index >= 15 is 0 Å². The van der Waals surface area contributed by atoms with Crippen molar-refractivity contribution in [2.24, 2.45) is 0 Å². The Morgan fingerprint density at radius 2 is 1.22 bits per heavy atom. The Labute approximate surface area is 164 Å². The van der Waals surface area contributed by atoms with Gasteiger partial charge in [0.1, 0.15) is 0 Å². The molecule has 0 aliphatic rings. The fourth-order valence-corrected chi connectivity index (χ4v) is 1.95. The van der Waals surface area contributed by atoms with Crippen LogP contribution in [0.5, 0.6) is 0 Å². The van der Waals surface area contributed by atoms with Gasteiger partial charge in [0.15, 0.2) is 5.15 Å². The first-order chi connectivity index (χ1) is 12.6. The number of rotatable bonds is 0. The number of nitrogens with zero attached hydrogens (tertiary/aromatic N) is 5. The van der Waals surface area contributed by atoms with Crippen LogP contribution in [0, 0.1) is 48.5 Å². The first-order valence-electron chi connectivity index (χ1n) is 8.37. The third-order valence-electron chi connectivity index (χ3n) is 3.81. The molecule has 0 aliphatic heterocycles. The highest BCUT2D eigenvalue weighted by atomic mass is 35.5. The molecule has 8 heteroatoms. The highest BCUT2D eigenvalue weighted by Gasteiger charge is 1.94. The molecule has 0 atom stereocenters. The molecule has 3 aromatic heterocycles. The van der Waals surface area contributed by atoms with Crippen molar-refractivity contribution in [2.45, 2.75) is 48.5 Å². The number of aromatic nitrogens is 6. The molecular weight excluding hydrogens is 364 g/mol. The van der Waals surface area contributed by atoms with Crippen molar-refractivity contribution in [2.75, 3.05) is 0 Å². The van der Waals surface area contributed by atoms with Crippen molar-refractivity contribution in [3.8, 4) is 0 Å². The second kappa shape index (κ2) is 10.5. The van der Waals surface area contributed by atoms with Gasteiger partial charge in [0.2, 0.25) is 0 Å². The smallest absolute Gasteiger partial charge is 0.264 e. The summed E-state index contributed by atoms with van der Waals surface area (Å²) in [4.78, 5) is 10.5. The van der Waals surface area contributed by atoms with Gasteiger partial charge in [-0.1, -0.05) is 11.6 Å². The molecule has 144 valence electrons. The van der Waals surface area contributed by atoms with Gasteiger partial charge in [-0.25, -0.2) is 5.10 Å². The summed E-state index contributed by atoms with van der Waals surface area (Å²) < 4.78 is 0. The molecular formula is C19H25ClN6O. The van der Waals surface area contributed by atoms with Crippen LogP contribution in [0.1, 0.15) is 39.5 Å². The van der Waals surface area contributed by atoms with Gasteiger partial charge in [-0.05, 0) is 77.3 Å². The summed E-state index contributed by atoms with van der Waals surface area (Å²) >= 11 is 5.54. The Bertz CT molecular complexity index is 906. The molecule has 0 radical (unpaired) electrons. The molecule has 27 heavy (non-hydrogen) atoms. The van der Waals surface area contributed by atoms with Crippen molar-refractivity contribution < 1.29 is 0 Å². The van der Waals surface area contributed by atoms with Crippen LogP contribution in [0.25, 0.3) is 0 Å². The van der Waals surface area contributed by atoms with Gasteiger partial charge in [-0.15, -0.1) is 5.10 Å². The number of halogens is 1.